The number of thiazole rings is 1. The van der Waals surface area contributed by atoms with E-state index in [4.69, 9.17) is 9.73 Å². The summed E-state index contributed by atoms with van der Waals surface area (Å²) < 4.78 is 5.69. The SMILES string of the molecule is CCNC(=NCCc1ncc(C)s1)NC1CC(C)(OC)C1(C)C. The molecule has 2 unspecified atom stereocenters. The molecule has 0 aromatic carbocycles. The van der Waals surface area contributed by atoms with E-state index in [1.807, 2.05) is 6.20 Å². The van der Waals surface area contributed by atoms with E-state index in [1.165, 1.54) is 4.88 Å². The van der Waals surface area contributed by atoms with E-state index in [0.29, 0.717) is 6.04 Å². The fourth-order valence-corrected chi connectivity index (χ4v) is 3.76. The van der Waals surface area contributed by atoms with Gasteiger partial charge in [0.05, 0.1) is 10.6 Å². The largest absolute Gasteiger partial charge is 0.378 e. The van der Waals surface area contributed by atoms with Gasteiger partial charge in [-0.05, 0) is 27.2 Å². The second-order valence-corrected chi connectivity index (χ2v) is 8.25. The fraction of sp³-hybridized carbons (Fsp3) is 0.765. The van der Waals surface area contributed by atoms with Crippen LogP contribution in [0.2, 0.25) is 0 Å². The van der Waals surface area contributed by atoms with Crippen LogP contribution in [0.3, 0.4) is 0 Å². The van der Waals surface area contributed by atoms with E-state index < -0.39 is 0 Å². The molecule has 6 heteroatoms. The van der Waals surface area contributed by atoms with Crippen LogP contribution in [0.5, 0.6) is 0 Å². The molecule has 5 nitrogen and oxygen atoms in total. The number of guanidine groups is 1. The predicted molar refractivity (Wildman–Crippen MR) is 97.3 cm³/mol. The normalized spacial score (nSPS) is 26.7. The Bertz CT molecular complexity index is 555. The van der Waals surface area contributed by atoms with E-state index in [0.717, 1.165) is 36.9 Å². The maximum absolute atomic E-state index is 5.69. The highest BCUT2D eigenvalue weighted by atomic mass is 32.1. The second kappa shape index (κ2) is 7.18. The summed E-state index contributed by atoms with van der Waals surface area (Å²) in [6.45, 7) is 12.5. The molecule has 0 saturated heterocycles. The highest BCUT2D eigenvalue weighted by Crippen LogP contribution is 2.51. The molecular weight excluding hydrogens is 308 g/mol. The first-order valence-corrected chi connectivity index (χ1v) is 9.15. The lowest BCUT2D eigenvalue weighted by Gasteiger charge is -2.59. The lowest BCUT2D eigenvalue weighted by molar-refractivity contribution is -0.176. The van der Waals surface area contributed by atoms with Crippen molar-refractivity contribution in [2.24, 2.45) is 10.4 Å². The minimum Gasteiger partial charge on any atom is -0.378 e. The van der Waals surface area contributed by atoms with Gasteiger partial charge in [-0.2, -0.15) is 0 Å². The van der Waals surface area contributed by atoms with Crippen molar-refractivity contribution in [3.05, 3.63) is 16.1 Å². The Morgan fingerprint density at radius 2 is 2.22 bits per heavy atom. The average Bonchev–Trinajstić information content (AvgIpc) is 2.92. The zero-order valence-corrected chi connectivity index (χ0v) is 16.0. The van der Waals surface area contributed by atoms with Gasteiger partial charge >= 0.3 is 0 Å². The van der Waals surface area contributed by atoms with Crippen LogP contribution in [0.4, 0.5) is 0 Å². The molecule has 1 heterocycles. The zero-order chi connectivity index (χ0) is 17.1. The Kier molecular flexibility index (Phi) is 5.68. The maximum atomic E-state index is 5.69. The van der Waals surface area contributed by atoms with Gasteiger partial charge in [-0.15, -0.1) is 11.3 Å². The summed E-state index contributed by atoms with van der Waals surface area (Å²) in [5, 5.41) is 8.06. The van der Waals surface area contributed by atoms with Crippen molar-refractivity contribution in [2.75, 3.05) is 20.2 Å². The summed E-state index contributed by atoms with van der Waals surface area (Å²) in [7, 11) is 1.80. The molecule has 2 N–H and O–H groups in total. The van der Waals surface area contributed by atoms with Gasteiger partial charge in [-0.1, -0.05) is 13.8 Å². The Labute approximate surface area is 144 Å². The van der Waals surface area contributed by atoms with Crippen molar-refractivity contribution in [1.29, 1.82) is 0 Å². The van der Waals surface area contributed by atoms with Crippen LogP contribution < -0.4 is 10.6 Å². The summed E-state index contributed by atoms with van der Waals surface area (Å²) in [5.41, 5.74) is 0.00473. The van der Waals surface area contributed by atoms with Crippen molar-refractivity contribution < 1.29 is 4.74 Å². The lowest BCUT2D eigenvalue weighted by Crippen LogP contribution is -2.69. The number of nitrogens with zero attached hydrogens (tertiary/aromatic N) is 2. The number of aliphatic imine (C=N–C) groups is 1. The predicted octanol–water partition coefficient (Wildman–Crippen LogP) is 2.75. The first-order valence-electron chi connectivity index (χ1n) is 8.33. The smallest absolute Gasteiger partial charge is 0.191 e. The summed E-state index contributed by atoms with van der Waals surface area (Å²) >= 11 is 1.75. The summed E-state index contributed by atoms with van der Waals surface area (Å²) in [4.78, 5) is 10.3. The Morgan fingerprint density at radius 1 is 1.48 bits per heavy atom. The fourth-order valence-electron chi connectivity index (χ4n) is 2.99. The number of hydrogen-bond donors (Lipinski definition) is 2. The van der Waals surface area contributed by atoms with E-state index in [-0.39, 0.29) is 11.0 Å². The molecule has 2 rings (SSSR count). The average molecular weight is 339 g/mol. The maximum Gasteiger partial charge on any atom is 0.191 e. The van der Waals surface area contributed by atoms with Crippen molar-refractivity contribution in [2.45, 2.75) is 59.1 Å². The highest BCUT2D eigenvalue weighted by molar-refractivity contribution is 7.11. The molecule has 130 valence electrons. The Balaban J connectivity index is 1.92. The van der Waals surface area contributed by atoms with Crippen LogP contribution in [0.15, 0.2) is 11.2 Å². The van der Waals surface area contributed by atoms with Crippen LogP contribution in [0.25, 0.3) is 0 Å². The molecule has 1 aliphatic rings. The van der Waals surface area contributed by atoms with Crippen LogP contribution >= 0.6 is 11.3 Å². The molecule has 2 atom stereocenters. The van der Waals surface area contributed by atoms with Crippen molar-refractivity contribution >= 4 is 17.3 Å². The molecule has 1 aromatic heterocycles. The van der Waals surface area contributed by atoms with Gasteiger partial charge in [0.1, 0.15) is 0 Å². The molecule has 0 radical (unpaired) electrons. The molecule has 1 aromatic rings. The molecule has 1 saturated carbocycles. The van der Waals surface area contributed by atoms with Crippen LogP contribution in [-0.4, -0.2) is 42.8 Å². The van der Waals surface area contributed by atoms with Crippen molar-refractivity contribution in [3.8, 4) is 0 Å². The van der Waals surface area contributed by atoms with E-state index >= 15 is 0 Å². The minimum absolute atomic E-state index is 0.0690. The number of hydrogen-bond acceptors (Lipinski definition) is 4. The summed E-state index contributed by atoms with van der Waals surface area (Å²) in [5.74, 6) is 0.886. The standard InChI is InChI=1S/C17H30N4OS/c1-7-18-15(19-9-8-14-20-11-12(2)23-14)21-13-10-17(5,22-6)16(13,3)4/h11,13H,7-10H2,1-6H3,(H2,18,19,21). The van der Waals surface area contributed by atoms with E-state index in [2.05, 4.69) is 50.2 Å². The number of aryl methyl sites for hydroxylation is 1. The third-order valence-electron chi connectivity index (χ3n) is 5.20. The molecule has 23 heavy (non-hydrogen) atoms. The molecular formula is C17H30N4OS. The molecule has 0 aliphatic heterocycles. The zero-order valence-electron chi connectivity index (χ0n) is 15.2. The van der Waals surface area contributed by atoms with Crippen LogP contribution in [-0.2, 0) is 11.2 Å². The van der Waals surface area contributed by atoms with Crippen LogP contribution in [0, 0.1) is 12.3 Å². The number of aromatic nitrogens is 1. The van der Waals surface area contributed by atoms with Crippen molar-refractivity contribution in [1.82, 2.24) is 15.6 Å². The van der Waals surface area contributed by atoms with Gasteiger partial charge in [0.15, 0.2) is 5.96 Å². The quantitative estimate of drug-likeness (QED) is 0.618. The molecule has 0 bridgehead atoms. The third-order valence-corrected chi connectivity index (χ3v) is 6.17. The van der Waals surface area contributed by atoms with Crippen LogP contribution in [0.1, 0.15) is 44.0 Å². The third kappa shape index (κ3) is 3.86. The first-order chi connectivity index (χ1) is 10.8. The number of nitrogens with one attached hydrogen (secondary N) is 2. The van der Waals surface area contributed by atoms with Gasteiger partial charge in [0.25, 0.3) is 0 Å². The Morgan fingerprint density at radius 3 is 2.74 bits per heavy atom. The molecule has 0 amide bonds. The second-order valence-electron chi connectivity index (χ2n) is 6.93. The topological polar surface area (TPSA) is 58.5 Å². The Hall–Kier alpha value is -1.14. The van der Waals surface area contributed by atoms with Gasteiger partial charge in [-0.25, -0.2) is 4.98 Å². The summed E-state index contributed by atoms with van der Waals surface area (Å²) in [6, 6.07) is 0.368. The molecule has 1 fully saturated rings. The highest BCUT2D eigenvalue weighted by Gasteiger charge is 2.58. The van der Waals surface area contributed by atoms with E-state index in [9.17, 15) is 0 Å². The summed E-state index contributed by atoms with van der Waals surface area (Å²) in [6.07, 6.45) is 3.81. The lowest BCUT2D eigenvalue weighted by atomic mass is 9.56. The van der Waals surface area contributed by atoms with E-state index in [1.54, 1.807) is 18.4 Å². The monoisotopic (exact) mass is 338 g/mol. The molecule has 0 spiro atoms. The van der Waals surface area contributed by atoms with Crippen molar-refractivity contribution in [3.63, 3.8) is 0 Å². The van der Waals surface area contributed by atoms with Gasteiger partial charge in [0, 0.05) is 49.2 Å². The minimum atomic E-state index is -0.0690. The number of methoxy groups -OCH3 is 1. The first kappa shape index (κ1) is 18.2. The van der Waals surface area contributed by atoms with Gasteiger partial charge in [0.2, 0.25) is 0 Å². The number of ether oxygens (including phenoxy) is 1. The number of rotatable bonds is 6. The molecule has 1 aliphatic carbocycles. The van der Waals surface area contributed by atoms with Gasteiger partial charge in [-0.3, -0.25) is 4.99 Å². The van der Waals surface area contributed by atoms with Gasteiger partial charge < -0.3 is 15.4 Å².